The van der Waals surface area contributed by atoms with Gasteiger partial charge in [-0.2, -0.15) is 0 Å². The number of hydrogen-bond donors (Lipinski definition) is 1. The number of hydrogen-bond acceptors (Lipinski definition) is 4. The molecule has 15 heavy (non-hydrogen) atoms. The molecule has 1 aliphatic heterocycles. The van der Waals surface area contributed by atoms with Crippen LogP contribution in [0.4, 0.5) is 0 Å². The highest BCUT2D eigenvalue weighted by Crippen LogP contribution is 2.25. The molecule has 0 amide bonds. The van der Waals surface area contributed by atoms with Gasteiger partial charge in [0.2, 0.25) is 0 Å². The van der Waals surface area contributed by atoms with Crippen LogP contribution in [0.25, 0.3) is 0 Å². The summed E-state index contributed by atoms with van der Waals surface area (Å²) in [4.78, 5) is 8.51. The molecule has 2 heterocycles. The van der Waals surface area contributed by atoms with Gasteiger partial charge in [0.05, 0.1) is 0 Å². The van der Waals surface area contributed by atoms with Crippen molar-refractivity contribution in [3.63, 3.8) is 0 Å². The molecule has 1 aromatic rings. The number of nitrogens with zero attached hydrogens (tertiary/aromatic N) is 2. The Morgan fingerprint density at radius 1 is 1.40 bits per heavy atom. The molecule has 0 spiro atoms. The summed E-state index contributed by atoms with van der Waals surface area (Å²) in [6.07, 6.45) is 2.03. The maximum Gasteiger partial charge on any atom is 0.154 e. The lowest BCUT2D eigenvalue weighted by Crippen LogP contribution is -2.16. The van der Waals surface area contributed by atoms with Gasteiger partial charge in [-0.3, -0.25) is 0 Å². The summed E-state index contributed by atoms with van der Waals surface area (Å²) in [5.41, 5.74) is 1.98. The van der Waals surface area contributed by atoms with E-state index >= 15 is 0 Å². The number of aliphatic hydroxyl groups is 1. The van der Waals surface area contributed by atoms with Crippen LogP contribution in [-0.2, 0) is 11.3 Å². The number of rotatable bonds is 2. The van der Waals surface area contributed by atoms with Crippen LogP contribution in [0, 0.1) is 6.92 Å². The van der Waals surface area contributed by atoms with E-state index in [1.54, 1.807) is 0 Å². The first-order chi connectivity index (χ1) is 7.29. The predicted molar refractivity (Wildman–Crippen MR) is 55.5 cm³/mol. The Morgan fingerprint density at radius 3 is 2.80 bits per heavy atom. The third kappa shape index (κ3) is 2.52. The molecule has 82 valence electrons. The highest BCUT2D eigenvalue weighted by molar-refractivity contribution is 5.14. The molecule has 0 atom stereocenters. The number of ether oxygens (including phenoxy) is 1. The Morgan fingerprint density at radius 2 is 2.13 bits per heavy atom. The molecule has 0 aromatic carbocycles. The standard InChI is InChI=1S/C11H16N2O2/c1-8-6-10(13-11(7-14)12-8)9-2-4-15-5-3-9/h6,9,14H,2-5,7H2,1H3. The molecule has 4 heteroatoms. The fourth-order valence-corrected chi connectivity index (χ4v) is 1.93. The van der Waals surface area contributed by atoms with Crippen molar-refractivity contribution < 1.29 is 9.84 Å². The molecule has 1 fully saturated rings. The fourth-order valence-electron chi connectivity index (χ4n) is 1.93. The van der Waals surface area contributed by atoms with Crippen molar-refractivity contribution in [2.24, 2.45) is 0 Å². The minimum atomic E-state index is -0.0854. The van der Waals surface area contributed by atoms with Gasteiger partial charge in [0.15, 0.2) is 5.82 Å². The molecule has 1 saturated heterocycles. The lowest BCUT2D eigenvalue weighted by Gasteiger charge is -2.21. The third-order valence-electron chi connectivity index (χ3n) is 2.70. The molecule has 4 nitrogen and oxygen atoms in total. The van der Waals surface area contributed by atoms with E-state index in [2.05, 4.69) is 9.97 Å². The highest BCUT2D eigenvalue weighted by atomic mass is 16.5. The maximum absolute atomic E-state index is 9.04. The lowest BCUT2D eigenvalue weighted by atomic mass is 9.96. The number of aliphatic hydroxyl groups excluding tert-OH is 1. The van der Waals surface area contributed by atoms with Gasteiger partial charge in [-0.05, 0) is 25.8 Å². The first kappa shape index (κ1) is 10.5. The quantitative estimate of drug-likeness (QED) is 0.792. The van der Waals surface area contributed by atoms with E-state index in [1.165, 1.54) is 0 Å². The second kappa shape index (κ2) is 4.68. The number of aromatic nitrogens is 2. The lowest BCUT2D eigenvalue weighted by molar-refractivity contribution is 0.0843. The van der Waals surface area contributed by atoms with Gasteiger partial charge in [-0.15, -0.1) is 0 Å². The van der Waals surface area contributed by atoms with Gasteiger partial charge in [0, 0.05) is 30.5 Å². The summed E-state index contributed by atoms with van der Waals surface area (Å²) in [7, 11) is 0. The SMILES string of the molecule is Cc1cc(C2CCOCC2)nc(CO)n1. The normalized spacial score (nSPS) is 18.0. The van der Waals surface area contributed by atoms with E-state index in [0.717, 1.165) is 37.4 Å². The van der Waals surface area contributed by atoms with Crippen molar-refractivity contribution in [2.75, 3.05) is 13.2 Å². The first-order valence-electron chi connectivity index (χ1n) is 5.32. The van der Waals surface area contributed by atoms with E-state index in [0.29, 0.717) is 11.7 Å². The van der Waals surface area contributed by atoms with E-state index in [1.807, 2.05) is 13.0 Å². The Kier molecular flexibility index (Phi) is 3.28. The Hall–Kier alpha value is -1.00. The average molecular weight is 208 g/mol. The van der Waals surface area contributed by atoms with E-state index in [4.69, 9.17) is 9.84 Å². The predicted octanol–water partition coefficient (Wildman–Crippen LogP) is 1.17. The topological polar surface area (TPSA) is 55.2 Å². The van der Waals surface area contributed by atoms with Gasteiger partial charge in [0.25, 0.3) is 0 Å². The van der Waals surface area contributed by atoms with Crippen LogP contribution in [-0.4, -0.2) is 28.3 Å². The first-order valence-corrected chi connectivity index (χ1v) is 5.32. The Bertz CT molecular complexity index is 335. The molecule has 0 unspecified atom stereocenters. The second-order valence-electron chi connectivity index (χ2n) is 3.90. The molecule has 0 radical (unpaired) electrons. The van der Waals surface area contributed by atoms with Crippen molar-refractivity contribution >= 4 is 0 Å². The van der Waals surface area contributed by atoms with E-state index < -0.39 is 0 Å². The largest absolute Gasteiger partial charge is 0.388 e. The summed E-state index contributed by atoms with van der Waals surface area (Å²) < 4.78 is 5.32. The molecule has 0 aliphatic carbocycles. The summed E-state index contributed by atoms with van der Waals surface area (Å²) in [6.45, 7) is 3.46. The van der Waals surface area contributed by atoms with Gasteiger partial charge in [0.1, 0.15) is 6.61 Å². The van der Waals surface area contributed by atoms with Crippen LogP contribution in [0.5, 0.6) is 0 Å². The fraction of sp³-hybridized carbons (Fsp3) is 0.636. The minimum Gasteiger partial charge on any atom is -0.388 e. The van der Waals surface area contributed by atoms with E-state index in [-0.39, 0.29) is 6.61 Å². The molecule has 0 bridgehead atoms. The van der Waals surface area contributed by atoms with Crippen LogP contribution < -0.4 is 0 Å². The van der Waals surface area contributed by atoms with E-state index in [9.17, 15) is 0 Å². The van der Waals surface area contributed by atoms with Crippen LogP contribution in [0.2, 0.25) is 0 Å². The molecule has 1 aliphatic rings. The van der Waals surface area contributed by atoms with Crippen LogP contribution in [0.1, 0.15) is 36.0 Å². The molecule has 2 rings (SSSR count). The van der Waals surface area contributed by atoms with Crippen molar-refractivity contribution in [3.8, 4) is 0 Å². The van der Waals surface area contributed by atoms with Crippen LogP contribution in [0.15, 0.2) is 6.07 Å². The summed E-state index contributed by atoms with van der Waals surface area (Å²) >= 11 is 0. The van der Waals surface area contributed by atoms with Gasteiger partial charge >= 0.3 is 0 Å². The monoisotopic (exact) mass is 208 g/mol. The van der Waals surface area contributed by atoms with Crippen LogP contribution >= 0.6 is 0 Å². The van der Waals surface area contributed by atoms with Crippen molar-refractivity contribution in [3.05, 3.63) is 23.3 Å². The van der Waals surface area contributed by atoms with Crippen LogP contribution in [0.3, 0.4) is 0 Å². The third-order valence-corrected chi connectivity index (χ3v) is 2.70. The molecule has 0 saturated carbocycles. The summed E-state index contributed by atoms with van der Waals surface area (Å²) in [6, 6.07) is 2.01. The minimum absolute atomic E-state index is 0.0854. The highest BCUT2D eigenvalue weighted by Gasteiger charge is 2.18. The molecular formula is C11H16N2O2. The van der Waals surface area contributed by atoms with Crippen molar-refractivity contribution in [2.45, 2.75) is 32.3 Å². The average Bonchev–Trinajstić information content (AvgIpc) is 2.29. The Labute approximate surface area is 89.3 Å². The second-order valence-corrected chi connectivity index (χ2v) is 3.90. The van der Waals surface area contributed by atoms with Gasteiger partial charge in [-0.1, -0.05) is 0 Å². The molecule has 1 aromatic heterocycles. The Balaban J connectivity index is 2.22. The zero-order chi connectivity index (χ0) is 10.7. The van der Waals surface area contributed by atoms with Gasteiger partial charge < -0.3 is 9.84 Å². The summed E-state index contributed by atoms with van der Waals surface area (Å²) in [5.74, 6) is 0.988. The zero-order valence-corrected chi connectivity index (χ0v) is 8.94. The molecular weight excluding hydrogens is 192 g/mol. The smallest absolute Gasteiger partial charge is 0.154 e. The molecule has 1 N–H and O–H groups in total. The van der Waals surface area contributed by atoms with Crippen molar-refractivity contribution in [1.29, 1.82) is 0 Å². The number of aryl methyl sites for hydroxylation is 1. The van der Waals surface area contributed by atoms with Gasteiger partial charge in [-0.25, -0.2) is 9.97 Å². The maximum atomic E-state index is 9.04. The summed E-state index contributed by atoms with van der Waals surface area (Å²) in [5, 5.41) is 9.04. The zero-order valence-electron chi connectivity index (χ0n) is 8.94. The van der Waals surface area contributed by atoms with Crippen molar-refractivity contribution in [1.82, 2.24) is 9.97 Å².